The summed E-state index contributed by atoms with van der Waals surface area (Å²) < 4.78 is 3.05. The summed E-state index contributed by atoms with van der Waals surface area (Å²) in [4.78, 5) is 25.1. The molecule has 0 unspecified atom stereocenters. The highest BCUT2D eigenvalue weighted by atomic mass is 32.2. The summed E-state index contributed by atoms with van der Waals surface area (Å²) in [6.45, 7) is 0. The molecule has 0 aliphatic rings. The fourth-order valence-corrected chi connectivity index (χ4v) is 4.60. The van der Waals surface area contributed by atoms with Gasteiger partial charge in [0.25, 0.3) is 5.91 Å². The quantitative estimate of drug-likeness (QED) is 0.414. The normalized spacial score (nSPS) is 11.0. The number of carbonyl (C=O) groups is 2. The first-order valence-corrected chi connectivity index (χ1v) is 9.89. The Hall–Kier alpha value is -2.43. The Morgan fingerprint density at radius 1 is 1.12 bits per heavy atom. The predicted octanol–water partition coefficient (Wildman–Crippen LogP) is 2.56. The summed E-state index contributed by atoms with van der Waals surface area (Å²) in [5, 5.41) is 10.7. The number of amides is 2. The molecule has 0 saturated carbocycles. The standard InChI is InChI=1S/C15H11N5O2S3/c21-12(16-17-13(22)11-6-3-7-23-11)8-24-14-18-19-15-20(14)9-4-1-2-5-10(9)25-15/h1-7H,8H2,(H,16,21)(H,17,22). The number of aromatic nitrogens is 3. The number of benzene rings is 1. The molecule has 0 spiro atoms. The van der Waals surface area contributed by atoms with Crippen molar-refractivity contribution in [3.8, 4) is 0 Å². The Kier molecular flexibility index (Phi) is 4.38. The molecule has 2 amide bonds. The molecule has 0 aliphatic heterocycles. The SMILES string of the molecule is O=C(CSc1nnc2sc3ccccc3n12)NNC(=O)c1cccs1. The minimum atomic E-state index is -0.331. The van der Waals surface area contributed by atoms with Crippen molar-refractivity contribution in [3.05, 3.63) is 46.7 Å². The fourth-order valence-electron chi connectivity index (χ4n) is 2.21. The first-order valence-electron chi connectivity index (χ1n) is 7.20. The van der Waals surface area contributed by atoms with E-state index in [2.05, 4.69) is 21.0 Å². The summed E-state index contributed by atoms with van der Waals surface area (Å²) in [5.41, 5.74) is 5.81. The van der Waals surface area contributed by atoms with Gasteiger partial charge < -0.3 is 0 Å². The third-order valence-electron chi connectivity index (χ3n) is 3.30. The summed E-state index contributed by atoms with van der Waals surface area (Å²) >= 11 is 4.13. The lowest BCUT2D eigenvalue weighted by Crippen LogP contribution is -2.42. The van der Waals surface area contributed by atoms with Crippen LogP contribution in [-0.4, -0.2) is 32.2 Å². The van der Waals surface area contributed by atoms with Gasteiger partial charge in [0, 0.05) is 0 Å². The number of hydrazine groups is 1. The Morgan fingerprint density at radius 2 is 2.00 bits per heavy atom. The van der Waals surface area contributed by atoms with Crippen LogP contribution >= 0.6 is 34.4 Å². The molecule has 0 bridgehead atoms. The second-order valence-corrected chi connectivity index (χ2v) is 7.84. The third-order valence-corrected chi connectivity index (χ3v) is 6.11. The van der Waals surface area contributed by atoms with Gasteiger partial charge in [-0.25, -0.2) is 0 Å². The lowest BCUT2D eigenvalue weighted by Gasteiger charge is -2.05. The summed E-state index contributed by atoms with van der Waals surface area (Å²) in [5.74, 6) is -0.524. The number of para-hydroxylation sites is 1. The minimum Gasteiger partial charge on any atom is -0.272 e. The number of nitrogens with one attached hydrogen (secondary N) is 2. The van der Waals surface area contributed by atoms with Gasteiger partial charge in [-0.1, -0.05) is 41.3 Å². The van der Waals surface area contributed by atoms with Crippen molar-refractivity contribution in [1.82, 2.24) is 25.4 Å². The van der Waals surface area contributed by atoms with E-state index < -0.39 is 0 Å². The van der Waals surface area contributed by atoms with Gasteiger partial charge in [0.2, 0.25) is 10.9 Å². The van der Waals surface area contributed by atoms with Gasteiger partial charge in [-0.3, -0.25) is 24.8 Å². The highest BCUT2D eigenvalue weighted by Crippen LogP contribution is 2.29. The zero-order valence-corrected chi connectivity index (χ0v) is 15.1. The monoisotopic (exact) mass is 389 g/mol. The lowest BCUT2D eigenvalue weighted by molar-refractivity contribution is -0.119. The smallest absolute Gasteiger partial charge is 0.272 e. The number of hydrogen-bond donors (Lipinski definition) is 2. The zero-order chi connectivity index (χ0) is 17.2. The van der Waals surface area contributed by atoms with Crippen LogP contribution in [0, 0.1) is 0 Å². The van der Waals surface area contributed by atoms with Gasteiger partial charge in [0.05, 0.1) is 20.8 Å². The van der Waals surface area contributed by atoms with Gasteiger partial charge in [0.15, 0.2) is 5.16 Å². The summed E-state index contributed by atoms with van der Waals surface area (Å²) in [6.07, 6.45) is 0. The predicted molar refractivity (Wildman–Crippen MR) is 99.0 cm³/mol. The van der Waals surface area contributed by atoms with Crippen molar-refractivity contribution >= 4 is 61.4 Å². The molecule has 0 fully saturated rings. The fraction of sp³-hybridized carbons (Fsp3) is 0.0667. The van der Waals surface area contributed by atoms with E-state index in [-0.39, 0.29) is 17.6 Å². The van der Waals surface area contributed by atoms with Crippen LogP contribution in [0.3, 0.4) is 0 Å². The Bertz CT molecular complexity index is 1050. The number of rotatable bonds is 4. The largest absolute Gasteiger partial charge is 0.279 e. The van der Waals surface area contributed by atoms with E-state index in [4.69, 9.17) is 0 Å². The number of nitrogens with zero attached hydrogens (tertiary/aromatic N) is 3. The van der Waals surface area contributed by atoms with Crippen LogP contribution in [0.4, 0.5) is 0 Å². The lowest BCUT2D eigenvalue weighted by atomic mass is 10.3. The average Bonchev–Trinajstić information content (AvgIpc) is 3.34. The van der Waals surface area contributed by atoms with Gasteiger partial charge in [0.1, 0.15) is 0 Å². The van der Waals surface area contributed by atoms with Crippen molar-refractivity contribution in [2.75, 3.05) is 5.75 Å². The maximum absolute atomic E-state index is 12.0. The van der Waals surface area contributed by atoms with Gasteiger partial charge in [-0.05, 0) is 23.6 Å². The first-order chi connectivity index (χ1) is 12.2. The number of fused-ring (bicyclic) bond motifs is 3. The van der Waals surface area contributed by atoms with Crippen molar-refractivity contribution in [2.45, 2.75) is 5.16 Å². The van der Waals surface area contributed by atoms with E-state index in [9.17, 15) is 9.59 Å². The third kappa shape index (κ3) is 3.23. The number of carbonyl (C=O) groups excluding carboxylic acids is 2. The Balaban J connectivity index is 1.40. The molecule has 126 valence electrons. The second-order valence-electron chi connectivity index (χ2n) is 4.94. The van der Waals surface area contributed by atoms with Crippen LogP contribution in [0.25, 0.3) is 15.2 Å². The molecule has 4 aromatic rings. The number of hydrogen-bond acceptors (Lipinski definition) is 7. The molecule has 3 aromatic heterocycles. The molecule has 4 rings (SSSR count). The molecule has 25 heavy (non-hydrogen) atoms. The van der Waals surface area contributed by atoms with Crippen molar-refractivity contribution in [2.24, 2.45) is 0 Å². The van der Waals surface area contributed by atoms with E-state index >= 15 is 0 Å². The second kappa shape index (κ2) is 6.82. The molecule has 7 nitrogen and oxygen atoms in total. The van der Waals surface area contributed by atoms with Gasteiger partial charge >= 0.3 is 0 Å². The van der Waals surface area contributed by atoms with Gasteiger partial charge in [-0.2, -0.15) is 0 Å². The zero-order valence-electron chi connectivity index (χ0n) is 12.6. The molecule has 0 saturated heterocycles. The Morgan fingerprint density at radius 3 is 2.84 bits per heavy atom. The highest BCUT2D eigenvalue weighted by molar-refractivity contribution is 7.99. The average molecular weight is 389 g/mol. The topological polar surface area (TPSA) is 88.4 Å². The minimum absolute atomic E-state index is 0.121. The maximum atomic E-state index is 12.0. The van der Waals surface area contributed by atoms with E-state index in [1.54, 1.807) is 28.8 Å². The Labute approximate surface area is 154 Å². The molecule has 1 aromatic carbocycles. The van der Waals surface area contributed by atoms with Crippen LogP contribution in [0.15, 0.2) is 46.9 Å². The first kappa shape index (κ1) is 16.1. The number of thiophene rings is 1. The molecule has 0 atom stereocenters. The highest BCUT2D eigenvalue weighted by Gasteiger charge is 2.14. The van der Waals surface area contributed by atoms with Crippen LogP contribution in [0.1, 0.15) is 9.67 Å². The van der Waals surface area contributed by atoms with E-state index in [1.807, 2.05) is 28.7 Å². The molecule has 0 aliphatic carbocycles. The van der Waals surface area contributed by atoms with E-state index in [0.717, 1.165) is 15.2 Å². The van der Waals surface area contributed by atoms with Crippen LogP contribution in [0.5, 0.6) is 0 Å². The number of thiazole rings is 1. The van der Waals surface area contributed by atoms with E-state index in [0.29, 0.717) is 10.0 Å². The van der Waals surface area contributed by atoms with Crippen LogP contribution in [0.2, 0.25) is 0 Å². The summed E-state index contributed by atoms with van der Waals surface area (Å²) in [6, 6.07) is 11.4. The molecule has 0 radical (unpaired) electrons. The molecule has 10 heteroatoms. The maximum Gasteiger partial charge on any atom is 0.279 e. The molecular formula is C15H11N5O2S3. The van der Waals surface area contributed by atoms with E-state index in [1.165, 1.54) is 23.1 Å². The van der Waals surface area contributed by atoms with Crippen LogP contribution < -0.4 is 10.9 Å². The molecular weight excluding hydrogens is 378 g/mol. The summed E-state index contributed by atoms with van der Waals surface area (Å²) in [7, 11) is 0. The van der Waals surface area contributed by atoms with Crippen molar-refractivity contribution in [1.29, 1.82) is 0 Å². The molecule has 3 heterocycles. The van der Waals surface area contributed by atoms with Crippen molar-refractivity contribution < 1.29 is 9.59 Å². The van der Waals surface area contributed by atoms with Gasteiger partial charge in [-0.15, -0.1) is 21.5 Å². The number of thioether (sulfide) groups is 1. The van der Waals surface area contributed by atoms with Crippen LogP contribution in [-0.2, 0) is 4.79 Å². The van der Waals surface area contributed by atoms with Crippen molar-refractivity contribution in [3.63, 3.8) is 0 Å². The molecule has 2 N–H and O–H groups in total.